The minimum absolute atomic E-state index is 0.0972. The Morgan fingerprint density at radius 2 is 2.00 bits per heavy atom. The summed E-state index contributed by atoms with van der Waals surface area (Å²) in [7, 11) is 2.18. The summed E-state index contributed by atoms with van der Waals surface area (Å²) < 4.78 is 0. The molecule has 1 aliphatic carbocycles. The summed E-state index contributed by atoms with van der Waals surface area (Å²) in [6.45, 7) is 10.8. The molecule has 0 saturated heterocycles. The van der Waals surface area contributed by atoms with E-state index in [9.17, 15) is 0 Å². The first-order valence-electron chi connectivity index (χ1n) is 7.51. The van der Waals surface area contributed by atoms with Crippen LogP contribution in [0.25, 0.3) is 0 Å². The van der Waals surface area contributed by atoms with E-state index in [0.717, 1.165) is 29.9 Å². The third-order valence-corrected chi connectivity index (χ3v) is 4.44. The fourth-order valence-corrected chi connectivity index (χ4v) is 2.77. The monoisotopic (exact) mass is 294 g/mol. The minimum Gasteiger partial charge on any atom is -0.374 e. The maximum Gasteiger partial charge on any atom is 0.0471 e. The van der Waals surface area contributed by atoms with Gasteiger partial charge in [-0.3, -0.25) is 0 Å². The van der Waals surface area contributed by atoms with Gasteiger partial charge < -0.3 is 10.2 Å². The van der Waals surface area contributed by atoms with E-state index in [4.69, 9.17) is 11.6 Å². The maximum atomic E-state index is 6.42. The summed E-state index contributed by atoms with van der Waals surface area (Å²) in [4.78, 5) is 2.36. The summed E-state index contributed by atoms with van der Waals surface area (Å²) in [6.07, 6.45) is 1.36. The van der Waals surface area contributed by atoms with Crippen molar-refractivity contribution in [3.63, 3.8) is 0 Å². The van der Waals surface area contributed by atoms with Gasteiger partial charge in [-0.25, -0.2) is 0 Å². The van der Waals surface area contributed by atoms with Crippen LogP contribution in [-0.2, 0) is 6.54 Å². The number of anilines is 1. The number of nitrogens with zero attached hydrogens (tertiary/aromatic N) is 1. The van der Waals surface area contributed by atoms with Gasteiger partial charge in [0, 0.05) is 41.9 Å². The van der Waals surface area contributed by atoms with Crippen molar-refractivity contribution >= 4 is 17.3 Å². The van der Waals surface area contributed by atoms with Crippen LogP contribution in [0.15, 0.2) is 18.2 Å². The average molecular weight is 295 g/mol. The van der Waals surface area contributed by atoms with Gasteiger partial charge in [-0.15, -0.1) is 0 Å². The van der Waals surface area contributed by atoms with Crippen LogP contribution in [0.4, 0.5) is 5.69 Å². The zero-order chi connectivity index (χ0) is 14.9. The fourth-order valence-electron chi connectivity index (χ4n) is 2.54. The molecule has 0 amide bonds. The summed E-state index contributed by atoms with van der Waals surface area (Å²) in [5.41, 5.74) is 2.56. The molecule has 3 heteroatoms. The number of benzene rings is 1. The van der Waals surface area contributed by atoms with Gasteiger partial charge in [-0.2, -0.15) is 0 Å². The third kappa shape index (κ3) is 4.13. The molecule has 112 valence electrons. The minimum atomic E-state index is 0.0972. The van der Waals surface area contributed by atoms with Crippen LogP contribution in [0, 0.1) is 11.8 Å². The average Bonchev–Trinajstić information content (AvgIpc) is 3.01. The van der Waals surface area contributed by atoms with Gasteiger partial charge in [0.2, 0.25) is 0 Å². The summed E-state index contributed by atoms with van der Waals surface area (Å²) >= 11 is 6.42. The van der Waals surface area contributed by atoms with Gasteiger partial charge in [0.1, 0.15) is 0 Å². The molecule has 0 bridgehead atoms. The highest BCUT2D eigenvalue weighted by Crippen LogP contribution is 2.39. The number of hydrogen-bond donors (Lipinski definition) is 1. The Kier molecular flexibility index (Phi) is 4.66. The molecule has 0 spiro atoms. The van der Waals surface area contributed by atoms with E-state index in [1.165, 1.54) is 17.7 Å². The number of hydrogen-bond acceptors (Lipinski definition) is 2. The Labute approximate surface area is 128 Å². The van der Waals surface area contributed by atoms with Crippen molar-refractivity contribution < 1.29 is 0 Å². The van der Waals surface area contributed by atoms with Crippen molar-refractivity contribution in [1.82, 2.24) is 5.32 Å². The van der Waals surface area contributed by atoms with Crippen LogP contribution >= 0.6 is 11.6 Å². The number of halogens is 1. The topological polar surface area (TPSA) is 15.3 Å². The van der Waals surface area contributed by atoms with Gasteiger partial charge in [-0.05, 0) is 51.2 Å². The Bertz CT molecular complexity index is 465. The molecule has 2 nitrogen and oxygen atoms in total. The molecule has 1 aliphatic rings. The van der Waals surface area contributed by atoms with E-state index in [1.54, 1.807) is 0 Å². The second-order valence-corrected chi connectivity index (χ2v) is 7.60. The Balaban J connectivity index is 2.12. The lowest BCUT2D eigenvalue weighted by Gasteiger charge is -2.26. The number of rotatable bonds is 5. The summed E-state index contributed by atoms with van der Waals surface area (Å²) in [6, 6.07) is 6.21. The molecule has 0 radical (unpaired) electrons. The molecule has 1 aromatic rings. The van der Waals surface area contributed by atoms with E-state index >= 15 is 0 Å². The predicted molar refractivity (Wildman–Crippen MR) is 88.6 cm³/mol. The zero-order valence-corrected chi connectivity index (χ0v) is 14.1. The van der Waals surface area contributed by atoms with E-state index in [1.807, 2.05) is 12.1 Å². The Hall–Kier alpha value is -0.730. The van der Waals surface area contributed by atoms with Gasteiger partial charge in [0.25, 0.3) is 0 Å². The lowest BCUT2D eigenvalue weighted by atomic mass is 10.1. The molecule has 2 atom stereocenters. The van der Waals surface area contributed by atoms with Gasteiger partial charge in [0.15, 0.2) is 0 Å². The van der Waals surface area contributed by atoms with Crippen LogP contribution in [0.3, 0.4) is 0 Å². The Morgan fingerprint density at radius 1 is 1.35 bits per heavy atom. The second-order valence-electron chi connectivity index (χ2n) is 7.19. The summed E-state index contributed by atoms with van der Waals surface area (Å²) in [5.74, 6) is 1.73. The predicted octanol–water partition coefficient (Wildman–Crippen LogP) is 4.32. The highest BCUT2D eigenvalue weighted by Gasteiger charge is 2.33. The lowest BCUT2D eigenvalue weighted by Crippen LogP contribution is -2.35. The Morgan fingerprint density at radius 3 is 2.55 bits per heavy atom. The van der Waals surface area contributed by atoms with Crippen molar-refractivity contribution in [1.29, 1.82) is 0 Å². The first-order valence-corrected chi connectivity index (χ1v) is 7.89. The van der Waals surface area contributed by atoms with Crippen LogP contribution in [0.2, 0.25) is 5.02 Å². The van der Waals surface area contributed by atoms with E-state index in [2.05, 4.69) is 51.0 Å². The maximum absolute atomic E-state index is 6.42. The molecule has 0 aliphatic heterocycles. The largest absolute Gasteiger partial charge is 0.374 e. The van der Waals surface area contributed by atoms with Crippen LogP contribution in [-0.4, -0.2) is 19.1 Å². The van der Waals surface area contributed by atoms with Crippen molar-refractivity contribution in [2.24, 2.45) is 11.8 Å². The third-order valence-electron chi connectivity index (χ3n) is 4.09. The quantitative estimate of drug-likeness (QED) is 0.870. The van der Waals surface area contributed by atoms with E-state index in [-0.39, 0.29) is 5.54 Å². The molecular formula is C17H27ClN2. The molecule has 2 unspecified atom stereocenters. The SMILES string of the molecule is CC1CC1CN(C)c1cccc(Cl)c1CNC(C)(C)C. The molecule has 2 rings (SSSR count). The van der Waals surface area contributed by atoms with Crippen LogP contribution < -0.4 is 10.2 Å². The molecule has 1 aromatic carbocycles. The molecule has 0 heterocycles. The molecule has 1 N–H and O–H groups in total. The van der Waals surface area contributed by atoms with Crippen LogP contribution in [0.1, 0.15) is 39.7 Å². The number of nitrogens with one attached hydrogen (secondary N) is 1. The molecule has 20 heavy (non-hydrogen) atoms. The van der Waals surface area contributed by atoms with Gasteiger partial charge in [0.05, 0.1) is 0 Å². The van der Waals surface area contributed by atoms with E-state index < -0.39 is 0 Å². The highest BCUT2D eigenvalue weighted by molar-refractivity contribution is 6.31. The smallest absolute Gasteiger partial charge is 0.0471 e. The molecule has 1 saturated carbocycles. The van der Waals surface area contributed by atoms with Crippen molar-refractivity contribution in [2.45, 2.75) is 46.2 Å². The van der Waals surface area contributed by atoms with E-state index in [0.29, 0.717) is 0 Å². The van der Waals surface area contributed by atoms with Crippen molar-refractivity contribution in [3.05, 3.63) is 28.8 Å². The molecular weight excluding hydrogens is 268 g/mol. The van der Waals surface area contributed by atoms with Crippen LogP contribution in [0.5, 0.6) is 0 Å². The normalized spacial score (nSPS) is 21.9. The van der Waals surface area contributed by atoms with Gasteiger partial charge >= 0.3 is 0 Å². The van der Waals surface area contributed by atoms with Crippen molar-refractivity contribution in [3.8, 4) is 0 Å². The standard InChI is InChI=1S/C17H27ClN2/c1-12-9-13(12)11-20(5)16-8-6-7-15(18)14(16)10-19-17(2,3)4/h6-8,12-13,19H,9-11H2,1-5H3. The first kappa shape index (κ1) is 15.7. The van der Waals surface area contributed by atoms with Gasteiger partial charge in [-0.1, -0.05) is 24.6 Å². The summed E-state index contributed by atoms with van der Waals surface area (Å²) in [5, 5.41) is 4.40. The first-order chi connectivity index (χ1) is 9.28. The molecule has 1 fully saturated rings. The van der Waals surface area contributed by atoms with Crippen molar-refractivity contribution in [2.75, 3.05) is 18.5 Å². The second kappa shape index (κ2) is 5.95. The fraction of sp³-hybridized carbons (Fsp3) is 0.647. The lowest BCUT2D eigenvalue weighted by molar-refractivity contribution is 0.424. The zero-order valence-electron chi connectivity index (χ0n) is 13.3. The highest BCUT2D eigenvalue weighted by atomic mass is 35.5. The molecule has 0 aromatic heterocycles.